The molecule has 95 heavy (non-hydrogen) atoms. The van der Waals surface area contributed by atoms with E-state index < -0.39 is 99.1 Å². The molecular weight excluding hydrogens is 1440 g/mol. The van der Waals surface area contributed by atoms with Gasteiger partial charge >= 0.3 is 7.12 Å². The molecule has 1 aliphatic rings. The second kappa shape index (κ2) is 35.2. The van der Waals surface area contributed by atoms with Crippen molar-refractivity contribution in [2.24, 2.45) is 0 Å². The van der Waals surface area contributed by atoms with Gasteiger partial charge in [0.2, 0.25) is 17.8 Å². The Bertz CT molecular complexity index is 4510. The monoisotopic (exact) mass is 1510 g/mol. The Kier molecular flexibility index (Phi) is 30.6. The number of benzene rings is 3. The Labute approximate surface area is 574 Å². The molecular formula is C64H75BBrCl3F6N6O11S3. The molecule has 31 heteroatoms. The molecule has 0 spiro atoms. The molecule has 1 aliphatic heterocycles. The molecule has 3 N–H and O–H groups in total. The highest BCUT2D eigenvalue weighted by molar-refractivity contribution is 9.10. The number of aromatic amines is 3. The van der Waals surface area contributed by atoms with E-state index in [1.54, 1.807) is 80.7 Å². The quantitative estimate of drug-likeness (QED) is 0.0225. The van der Waals surface area contributed by atoms with Gasteiger partial charge in [-0.25, -0.2) is 53.4 Å². The van der Waals surface area contributed by atoms with Gasteiger partial charge in [-0.3, -0.25) is 0 Å². The van der Waals surface area contributed by atoms with Crippen LogP contribution in [-0.2, 0) is 76.7 Å². The van der Waals surface area contributed by atoms with Gasteiger partial charge in [-0.1, -0.05) is 82.7 Å². The Morgan fingerprint density at radius 2 is 0.916 bits per heavy atom. The third kappa shape index (κ3) is 21.0. The van der Waals surface area contributed by atoms with E-state index in [4.69, 9.17) is 58.3 Å². The van der Waals surface area contributed by atoms with E-state index in [2.05, 4.69) is 45.8 Å². The zero-order valence-corrected chi connectivity index (χ0v) is 55.8. The summed E-state index contributed by atoms with van der Waals surface area (Å²) in [4.78, 5) is 18.7. The third-order valence-electron chi connectivity index (χ3n) is 13.9. The molecule has 1 fully saturated rings. The minimum absolute atomic E-state index is 0. The standard InChI is InChI=1S/C18H17ClF2N2O3S.C18H15ClF2N2O3S.C14H8BrClF2N2O2S.C10H19BO3.4CH4/c2*1-2-26-6-5-11-7-14(20)16(23-18(11)21)10-27(24,25)17-9-22-15-8-12(19)3-4-13(15)17;15-9-4-10(17)12(20-14(9)18)6-23(21,22)13-5-19-11-3-7(16)1-2-8(11)13;1-6-12-8-7-11-13-9(2,3)10(4,5)14-11;;;;/h3-4,7-9,22H,2,5-6,10H2,1H3;3-9,22H,2,10H2,1H3;1-5,19H,6H2;7-8H,6H2,1-5H3;4*1H4/b;6-5+;;8-7+;;;;. The zero-order valence-electron chi connectivity index (χ0n) is 49.5. The van der Waals surface area contributed by atoms with Gasteiger partial charge in [0.15, 0.2) is 29.5 Å². The Morgan fingerprint density at radius 1 is 0.537 bits per heavy atom. The van der Waals surface area contributed by atoms with Crippen LogP contribution < -0.4 is 0 Å². The van der Waals surface area contributed by atoms with Gasteiger partial charge < -0.3 is 38.5 Å². The minimum Gasteiger partial charge on any atom is -0.502 e. The fraction of sp³-hybridized carbons (Fsp3) is 0.328. The molecule has 0 unspecified atom stereocenters. The molecule has 0 saturated carbocycles. The van der Waals surface area contributed by atoms with E-state index in [1.807, 2.05) is 34.6 Å². The highest BCUT2D eigenvalue weighted by atomic mass is 79.9. The number of halogens is 10. The number of fused-ring (bicyclic) bond motifs is 3. The summed E-state index contributed by atoms with van der Waals surface area (Å²) < 4.78 is 186. The van der Waals surface area contributed by atoms with Gasteiger partial charge in [0, 0.05) is 90.5 Å². The van der Waals surface area contributed by atoms with Crippen molar-refractivity contribution in [1.29, 1.82) is 0 Å². The molecule has 6 aromatic heterocycles. The van der Waals surface area contributed by atoms with Gasteiger partial charge in [0.25, 0.3) is 0 Å². The lowest BCUT2D eigenvalue weighted by atomic mass is 9.90. The van der Waals surface area contributed by atoms with Gasteiger partial charge in [-0.05, 0) is 131 Å². The predicted molar refractivity (Wildman–Crippen MR) is 367 cm³/mol. The van der Waals surface area contributed by atoms with E-state index >= 15 is 0 Å². The maximum atomic E-state index is 14.3. The number of nitrogens with one attached hydrogen (secondary N) is 3. The SMILES string of the molecule is C.C.C.C.CCO/C=C/B1OC(C)(C)C(C)(C)O1.CCO/C=C/c1cc(F)c(CS(=O)(=O)c2c[nH]c3cc(Cl)ccc23)nc1F.CCOCCc1cc(F)c(CS(=O)(=O)c2c[nH]c3cc(Cl)ccc23)nc1F.O=S(=O)(Cc1nc(F)c(Br)cc1F)c1c[nH]c2cc(Cl)ccc12. The maximum Gasteiger partial charge on any atom is 0.490 e. The van der Waals surface area contributed by atoms with Crippen LogP contribution in [0.4, 0.5) is 26.3 Å². The zero-order chi connectivity index (χ0) is 66.8. The van der Waals surface area contributed by atoms with Gasteiger partial charge in [0.05, 0.1) is 79.8 Å². The number of H-pyrrole nitrogens is 3. The lowest BCUT2D eigenvalue weighted by molar-refractivity contribution is 0.00578. The van der Waals surface area contributed by atoms with Crippen LogP contribution in [0.2, 0.25) is 15.1 Å². The molecule has 0 radical (unpaired) electrons. The summed E-state index contributed by atoms with van der Waals surface area (Å²) >= 11 is 20.4. The summed E-state index contributed by atoms with van der Waals surface area (Å²) in [6, 6.07) is 16.8. The third-order valence-corrected chi connectivity index (χ3v) is 20.1. The first-order valence-electron chi connectivity index (χ1n) is 27.5. The number of hydrogen-bond donors (Lipinski definition) is 3. The van der Waals surface area contributed by atoms with Crippen molar-refractivity contribution in [3.63, 3.8) is 0 Å². The first-order chi connectivity index (χ1) is 42.8. The van der Waals surface area contributed by atoms with E-state index in [9.17, 15) is 51.6 Å². The van der Waals surface area contributed by atoms with Crippen LogP contribution in [0.25, 0.3) is 38.8 Å². The lowest BCUT2D eigenvalue weighted by Gasteiger charge is -2.32. The average Bonchev–Trinajstić information content (AvgIpc) is 1.72. The van der Waals surface area contributed by atoms with E-state index in [0.717, 1.165) is 18.2 Å². The number of hydrogen-bond acceptors (Lipinski definition) is 14. The smallest absolute Gasteiger partial charge is 0.490 e. The fourth-order valence-corrected chi connectivity index (χ4v) is 13.8. The second-order valence-electron chi connectivity index (χ2n) is 20.8. The number of ether oxygens (including phenoxy) is 3. The van der Waals surface area contributed by atoms with Crippen molar-refractivity contribution in [2.45, 2.75) is 128 Å². The Balaban J connectivity index is 0.000000333. The number of sulfone groups is 3. The summed E-state index contributed by atoms with van der Waals surface area (Å²) in [6.07, 6.45) is 8.11. The van der Waals surface area contributed by atoms with E-state index in [-0.39, 0.29) is 91.3 Å². The largest absolute Gasteiger partial charge is 0.502 e. The Morgan fingerprint density at radius 3 is 1.33 bits per heavy atom. The molecule has 3 aromatic carbocycles. The number of nitrogens with zero attached hydrogens (tertiary/aromatic N) is 3. The summed E-state index contributed by atoms with van der Waals surface area (Å²) in [5.41, 5.74) is -0.472. The topological polar surface area (TPSA) is 235 Å². The van der Waals surface area contributed by atoms with Crippen molar-refractivity contribution in [2.75, 3.05) is 26.4 Å². The molecule has 0 aliphatic carbocycles. The summed E-state index contributed by atoms with van der Waals surface area (Å²) in [7, 11) is -12.1. The van der Waals surface area contributed by atoms with Crippen LogP contribution in [0.3, 0.4) is 0 Å². The van der Waals surface area contributed by atoms with Crippen molar-refractivity contribution in [3.05, 3.63) is 193 Å². The maximum absolute atomic E-state index is 14.3. The number of rotatable bonds is 19. The molecule has 0 amide bonds. The highest BCUT2D eigenvalue weighted by Crippen LogP contribution is 2.37. The average molecular weight is 1510 g/mol. The lowest BCUT2D eigenvalue weighted by Crippen LogP contribution is -2.41. The van der Waals surface area contributed by atoms with Gasteiger partial charge in [-0.15, -0.1) is 0 Å². The van der Waals surface area contributed by atoms with Crippen molar-refractivity contribution >= 4 is 126 Å². The molecule has 7 heterocycles. The number of aromatic nitrogens is 6. The van der Waals surface area contributed by atoms with Crippen LogP contribution in [-0.4, -0.2) is 99.9 Å². The summed E-state index contributed by atoms with van der Waals surface area (Å²) in [6.45, 7) is 15.3. The van der Waals surface area contributed by atoms with Crippen LogP contribution in [0.1, 0.15) is 106 Å². The molecule has 518 valence electrons. The first-order valence-corrected chi connectivity index (χ1v) is 34.4. The highest BCUT2D eigenvalue weighted by Gasteiger charge is 2.50. The second-order valence-corrected chi connectivity index (χ2v) is 28.8. The molecule has 17 nitrogen and oxygen atoms in total. The summed E-state index contributed by atoms with van der Waals surface area (Å²) in [5, 5.41) is 2.60. The van der Waals surface area contributed by atoms with E-state index in [1.165, 1.54) is 30.9 Å². The minimum atomic E-state index is -3.97. The molecule has 0 bridgehead atoms. The van der Waals surface area contributed by atoms with Crippen LogP contribution in [0.5, 0.6) is 0 Å². The van der Waals surface area contributed by atoms with Crippen LogP contribution in [0.15, 0.2) is 129 Å². The molecule has 9 aromatic rings. The fourth-order valence-electron chi connectivity index (χ4n) is 8.62. The Hall–Kier alpha value is -6.47. The van der Waals surface area contributed by atoms with Crippen LogP contribution >= 0.6 is 50.7 Å². The van der Waals surface area contributed by atoms with Gasteiger partial charge in [0.1, 0.15) is 34.7 Å². The molecule has 1 saturated heterocycles. The van der Waals surface area contributed by atoms with Crippen LogP contribution in [0, 0.1) is 35.3 Å². The number of pyridine rings is 3. The van der Waals surface area contributed by atoms with Crippen molar-refractivity contribution in [3.8, 4) is 0 Å². The van der Waals surface area contributed by atoms with Gasteiger partial charge in [-0.2, -0.15) is 13.2 Å². The van der Waals surface area contributed by atoms with Crippen molar-refractivity contribution < 1.29 is 75.1 Å². The summed E-state index contributed by atoms with van der Waals surface area (Å²) in [5.74, 6) is -6.02. The normalized spacial score (nSPS) is 13.4. The predicted octanol–water partition coefficient (Wildman–Crippen LogP) is 17.5. The van der Waals surface area contributed by atoms with Crippen molar-refractivity contribution in [1.82, 2.24) is 29.9 Å². The molecule has 0 atom stereocenters. The molecule has 10 rings (SSSR count). The first kappa shape index (κ1) is 82.8. The van der Waals surface area contributed by atoms with E-state index in [0.29, 0.717) is 67.6 Å².